The van der Waals surface area contributed by atoms with Gasteiger partial charge in [0.05, 0.1) is 12.2 Å². The highest BCUT2D eigenvalue weighted by atomic mass is 16.2. The molecule has 6 nitrogen and oxygen atoms in total. The zero-order valence-electron chi connectivity index (χ0n) is 16.5. The molecule has 0 bridgehead atoms. The zero-order chi connectivity index (χ0) is 19.9. The Morgan fingerprint density at radius 2 is 1.61 bits per heavy atom. The third-order valence-electron chi connectivity index (χ3n) is 5.29. The molecule has 2 N–H and O–H groups in total. The summed E-state index contributed by atoms with van der Waals surface area (Å²) in [6.07, 6.45) is 4.68. The van der Waals surface area contributed by atoms with Gasteiger partial charge < -0.3 is 15.5 Å². The second kappa shape index (κ2) is 9.35. The Hall–Kier alpha value is -2.89. The average Bonchev–Trinajstić information content (AvgIpc) is 2.73. The number of benzene rings is 1. The minimum atomic E-state index is -0.0339. The Labute approximate surface area is 166 Å². The number of anilines is 2. The molecule has 2 aromatic rings. The van der Waals surface area contributed by atoms with E-state index in [1.165, 1.54) is 0 Å². The molecule has 0 aliphatic heterocycles. The van der Waals surface area contributed by atoms with Crippen LogP contribution in [-0.4, -0.2) is 30.9 Å². The summed E-state index contributed by atoms with van der Waals surface area (Å²) in [6.45, 7) is 0.447. The van der Waals surface area contributed by atoms with E-state index in [4.69, 9.17) is 0 Å². The van der Waals surface area contributed by atoms with E-state index in [1.54, 1.807) is 6.20 Å². The standard InChI is InChI=1S/C22H28N4O2/c1-26(2)20-12-10-18(11-13-20)25-22(28)17-8-6-16(7-9-17)21(27)24-15-19-5-3-4-14-23-19/h3-5,10-14,16-17H,6-9,15H2,1-2H3,(H,24,27)(H,25,28). The van der Waals surface area contributed by atoms with Crippen molar-refractivity contribution in [2.24, 2.45) is 11.8 Å². The molecule has 0 saturated heterocycles. The molecule has 1 aromatic carbocycles. The Morgan fingerprint density at radius 3 is 2.18 bits per heavy atom. The molecule has 1 aliphatic rings. The fourth-order valence-corrected chi connectivity index (χ4v) is 3.53. The van der Waals surface area contributed by atoms with Crippen molar-refractivity contribution in [3.63, 3.8) is 0 Å². The summed E-state index contributed by atoms with van der Waals surface area (Å²) in [4.78, 5) is 31.2. The molecule has 1 saturated carbocycles. The van der Waals surface area contributed by atoms with E-state index in [1.807, 2.05) is 61.5 Å². The number of amides is 2. The summed E-state index contributed by atoms with van der Waals surface area (Å²) in [5, 5.41) is 5.96. The summed E-state index contributed by atoms with van der Waals surface area (Å²) in [7, 11) is 3.97. The van der Waals surface area contributed by atoms with Crippen LogP contribution < -0.4 is 15.5 Å². The first kappa shape index (κ1) is 19.9. The fraction of sp³-hybridized carbons (Fsp3) is 0.409. The smallest absolute Gasteiger partial charge is 0.227 e. The van der Waals surface area contributed by atoms with Gasteiger partial charge in [-0.15, -0.1) is 0 Å². The highest BCUT2D eigenvalue weighted by molar-refractivity contribution is 5.93. The molecule has 148 valence electrons. The van der Waals surface area contributed by atoms with E-state index < -0.39 is 0 Å². The molecule has 1 aromatic heterocycles. The molecular formula is C22H28N4O2. The maximum Gasteiger partial charge on any atom is 0.227 e. The lowest BCUT2D eigenvalue weighted by atomic mass is 9.81. The molecule has 28 heavy (non-hydrogen) atoms. The van der Waals surface area contributed by atoms with Crippen LogP contribution in [0.15, 0.2) is 48.7 Å². The summed E-state index contributed by atoms with van der Waals surface area (Å²) in [6, 6.07) is 13.5. The van der Waals surface area contributed by atoms with Gasteiger partial charge >= 0.3 is 0 Å². The highest BCUT2D eigenvalue weighted by Gasteiger charge is 2.29. The first-order valence-electron chi connectivity index (χ1n) is 9.79. The van der Waals surface area contributed by atoms with Gasteiger partial charge in [0, 0.05) is 43.5 Å². The van der Waals surface area contributed by atoms with Crippen molar-refractivity contribution in [1.29, 1.82) is 0 Å². The van der Waals surface area contributed by atoms with Crippen LogP contribution in [-0.2, 0) is 16.1 Å². The Kier molecular flexibility index (Phi) is 6.63. The van der Waals surface area contributed by atoms with E-state index in [0.717, 1.165) is 42.8 Å². The lowest BCUT2D eigenvalue weighted by Crippen LogP contribution is -2.35. The van der Waals surface area contributed by atoms with Crippen molar-refractivity contribution in [1.82, 2.24) is 10.3 Å². The van der Waals surface area contributed by atoms with Crippen LogP contribution >= 0.6 is 0 Å². The third-order valence-corrected chi connectivity index (χ3v) is 5.29. The largest absolute Gasteiger partial charge is 0.378 e. The fourth-order valence-electron chi connectivity index (χ4n) is 3.53. The molecule has 0 spiro atoms. The van der Waals surface area contributed by atoms with Crippen molar-refractivity contribution in [3.8, 4) is 0 Å². The van der Waals surface area contributed by atoms with Crippen molar-refractivity contribution >= 4 is 23.2 Å². The van der Waals surface area contributed by atoms with E-state index in [2.05, 4.69) is 15.6 Å². The van der Waals surface area contributed by atoms with E-state index >= 15 is 0 Å². The summed E-state index contributed by atoms with van der Waals surface area (Å²) in [5.74, 6) is 0.0502. The molecule has 0 atom stereocenters. The number of carbonyl (C=O) groups excluding carboxylic acids is 2. The van der Waals surface area contributed by atoms with Crippen molar-refractivity contribution < 1.29 is 9.59 Å². The summed E-state index contributed by atoms with van der Waals surface area (Å²) < 4.78 is 0. The molecule has 0 radical (unpaired) electrons. The summed E-state index contributed by atoms with van der Waals surface area (Å²) in [5.41, 5.74) is 2.75. The van der Waals surface area contributed by atoms with Crippen LogP contribution in [0.3, 0.4) is 0 Å². The van der Waals surface area contributed by atoms with Gasteiger partial charge in [-0.3, -0.25) is 14.6 Å². The van der Waals surface area contributed by atoms with Crippen LogP contribution in [0, 0.1) is 11.8 Å². The lowest BCUT2D eigenvalue weighted by molar-refractivity contribution is -0.128. The summed E-state index contributed by atoms with van der Waals surface area (Å²) >= 11 is 0. The number of aromatic nitrogens is 1. The predicted molar refractivity (Wildman–Crippen MR) is 111 cm³/mol. The molecule has 0 unspecified atom stereocenters. The van der Waals surface area contributed by atoms with Gasteiger partial charge in [-0.25, -0.2) is 0 Å². The van der Waals surface area contributed by atoms with Gasteiger partial charge in [-0.2, -0.15) is 0 Å². The second-order valence-corrected chi connectivity index (χ2v) is 7.52. The molecule has 3 rings (SSSR count). The van der Waals surface area contributed by atoms with Crippen molar-refractivity contribution in [3.05, 3.63) is 54.4 Å². The van der Waals surface area contributed by atoms with Crippen LogP contribution in [0.1, 0.15) is 31.4 Å². The van der Waals surface area contributed by atoms with Crippen molar-refractivity contribution in [2.45, 2.75) is 32.2 Å². The topological polar surface area (TPSA) is 74.3 Å². The second-order valence-electron chi connectivity index (χ2n) is 7.52. The van der Waals surface area contributed by atoms with Gasteiger partial charge in [0.2, 0.25) is 11.8 Å². The van der Waals surface area contributed by atoms with Crippen LogP contribution in [0.5, 0.6) is 0 Å². The van der Waals surface area contributed by atoms with Crippen molar-refractivity contribution in [2.75, 3.05) is 24.3 Å². The van der Waals surface area contributed by atoms with Gasteiger partial charge in [-0.1, -0.05) is 6.07 Å². The van der Waals surface area contributed by atoms with Crippen LogP contribution in [0.25, 0.3) is 0 Å². The molecule has 6 heteroatoms. The molecule has 1 aliphatic carbocycles. The lowest BCUT2D eigenvalue weighted by Gasteiger charge is -2.27. The highest BCUT2D eigenvalue weighted by Crippen LogP contribution is 2.30. The third kappa shape index (κ3) is 5.31. The number of rotatable bonds is 6. The maximum absolute atomic E-state index is 12.5. The Morgan fingerprint density at radius 1 is 0.964 bits per heavy atom. The number of nitrogens with zero attached hydrogens (tertiary/aromatic N) is 2. The van der Waals surface area contributed by atoms with Gasteiger partial charge in [-0.05, 0) is 62.1 Å². The Bertz CT molecular complexity index is 782. The number of hydrogen-bond acceptors (Lipinski definition) is 4. The van der Waals surface area contributed by atoms with Gasteiger partial charge in [0.15, 0.2) is 0 Å². The minimum absolute atomic E-state index is 0.0212. The number of pyridine rings is 1. The quantitative estimate of drug-likeness (QED) is 0.807. The SMILES string of the molecule is CN(C)c1ccc(NC(=O)C2CCC(C(=O)NCc3ccccn3)CC2)cc1. The average molecular weight is 380 g/mol. The van der Waals surface area contributed by atoms with E-state index in [-0.39, 0.29) is 23.7 Å². The van der Waals surface area contributed by atoms with E-state index in [0.29, 0.717) is 6.54 Å². The monoisotopic (exact) mass is 380 g/mol. The molecule has 1 heterocycles. The molecule has 2 amide bonds. The maximum atomic E-state index is 12.5. The molecular weight excluding hydrogens is 352 g/mol. The van der Waals surface area contributed by atoms with Crippen LogP contribution in [0.2, 0.25) is 0 Å². The number of carbonyl (C=O) groups is 2. The zero-order valence-corrected chi connectivity index (χ0v) is 16.5. The normalized spacial score (nSPS) is 18.9. The Balaban J connectivity index is 1.43. The van der Waals surface area contributed by atoms with E-state index in [9.17, 15) is 9.59 Å². The molecule has 1 fully saturated rings. The van der Waals surface area contributed by atoms with Gasteiger partial charge in [0.25, 0.3) is 0 Å². The first-order valence-corrected chi connectivity index (χ1v) is 9.79. The number of hydrogen-bond donors (Lipinski definition) is 2. The predicted octanol–water partition coefficient (Wildman–Crippen LogP) is 3.21. The minimum Gasteiger partial charge on any atom is -0.378 e. The van der Waals surface area contributed by atoms with Gasteiger partial charge in [0.1, 0.15) is 0 Å². The number of nitrogens with one attached hydrogen (secondary N) is 2. The first-order chi connectivity index (χ1) is 13.5. The van der Waals surface area contributed by atoms with Crippen LogP contribution in [0.4, 0.5) is 11.4 Å².